The van der Waals surface area contributed by atoms with Gasteiger partial charge in [-0.05, 0) is 27.2 Å². The van der Waals surface area contributed by atoms with Crippen LogP contribution in [0.1, 0.15) is 10.6 Å². The topological polar surface area (TPSA) is 127 Å². The normalized spacial score (nSPS) is 10.1. The number of halogens is 1. The molecular formula is C8H5BrN6O3. The molecule has 1 aromatic carbocycles. The van der Waals surface area contributed by atoms with Gasteiger partial charge >= 0.3 is 0 Å². The maximum atomic E-state index is 11.6. The van der Waals surface area contributed by atoms with Crippen LogP contribution in [0, 0.1) is 10.1 Å². The minimum atomic E-state index is -0.620. The molecule has 0 bridgehead atoms. The zero-order chi connectivity index (χ0) is 13.1. The Labute approximate surface area is 108 Å². The maximum Gasteiger partial charge on any atom is 0.297 e. The van der Waals surface area contributed by atoms with Crippen LogP contribution in [0.2, 0.25) is 0 Å². The molecule has 10 heteroatoms. The van der Waals surface area contributed by atoms with Gasteiger partial charge in [0.2, 0.25) is 0 Å². The molecule has 9 nitrogen and oxygen atoms in total. The first kappa shape index (κ1) is 12.1. The highest BCUT2D eigenvalue weighted by molar-refractivity contribution is 9.10. The van der Waals surface area contributed by atoms with Crippen molar-refractivity contribution in [2.45, 2.75) is 0 Å². The number of rotatable bonds is 3. The average Bonchev–Trinajstić information content (AvgIpc) is 2.85. The van der Waals surface area contributed by atoms with Crippen molar-refractivity contribution in [2.75, 3.05) is 5.32 Å². The molecule has 18 heavy (non-hydrogen) atoms. The number of non-ortho nitro benzene ring substituents is 1. The number of nitrogens with one attached hydrogen (secondary N) is 2. The van der Waals surface area contributed by atoms with Crippen molar-refractivity contribution in [1.82, 2.24) is 20.6 Å². The van der Waals surface area contributed by atoms with E-state index in [4.69, 9.17) is 0 Å². The lowest BCUT2D eigenvalue weighted by Gasteiger charge is -2.04. The second-order valence-electron chi connectivity index (χ2n) is 3.11. The van der Waals surface area contributed by atoms with E-state index in [1.807, 2.05) is 0 Å². The van der Waals surface area contributed by atoms with Gasteiger partial charge in [0, 0.05) is 16.6 Å². The van der Waals surface area contributed by atoms with E-state index in [1.165, 1.54) is 18.2 Å². The summed E-state index contributed by atoms with van der Waals surface area (Å²) in [6.45, 7) is 0. The molecule has 0 radical (unpaired) electrons. The fourth-order valence-electron chi connectivity index (χ4n) is 1.16. The minimum absolute atomic E-state index is 0.137. The molecule has 0 atom stereocenters. The monoisotopic (exact) mass is 312 g/mol. The maximum absolute atomic E-state index is 11.6. The van der Waals surface area contributed by atoms with Gasteiger partial charge in [-0.3, -0.25) is 14.9 Å². The standard InChI is InChI=1S/C8H5BrN6O3/c9-5-2-1-4(15(17)18)3-6(5)10-8(16)7-11-13-14-12-7/h1-3H,(H,10,16)(H,11,12,13,14). The molecule has 1 heterocycles. The molecule has 2 N–H and O–H groups in total. The predicted octanol–water partition coefficient (Wildman–Crippen LogP) is 1.12. The summed E-state index contributed by atoms with van der Waals surface area (Å²) in [5.41, 5.74) is 0.112. The fraction of sp³-hybridized carbons (Fsp3) is 0. The highest BCUT2D eigenvalue weighted by Gasteiger charge is 2.15. The van der Waals surface area contributed by atoms with Crippen LogP contribution in [0.3, 0.4) is 0 Å². The molecule has 0 fully saturated rings. The molecule has 0 aliphatic carbocycles. The summed E-state index contributed by atoms with van der Waals surface area (Å²) < 4.78 is 0.505. The van der Waals surface area contributed by atoms with Crippen molar-refractivity contribution in [2.24, 2.45) is 0 Å². The molecule has 1 aromatic heterocycles. The van der Waals surface area contributed by atoms with Crippen molar-refractivity contribution >= 4 is 33.2 Å². The van der Waals surface area contributed by atoms with Crippen LogP contribution in [0.15, 0.2) is 22.7 Å². The van der Waals surface area contributed by atoms with E-state index < -0.39 is 10.8 Å². The Hall–Kier alpha value is -2.36. The van der Waals surface area contributed by atoms with Crippen LogP contribution >= 0.6 is 15.9 Å². The lowest BCUT2D eigenvalue weighted by atomic mass is 10.3. The van der Waals surface area contributed by atoms with E-state index in [0.717, 1.165) is 0 Å². The highest BCUT2D eigenvalue weighted by atomic mass is 79.9. The second kappa shape index (κ2) is 4.87. The average molecular weight is 313 g/mol. The number of nitrogens with zero attached hydrogens (tertiary/aromatic N) is 4. The summed E-state index contributed by atoms with van der Waals surface area (Å²) in [6.07, 6.45) is 0. The van der Waals surface area contributed by atoms with Gasteiger partial charge in [0.1, 0.15) is 0 Å². The van der Waals surface area contributed by atoms with Crippen LogP contribution in [0.4, 0.5) is 11.4 Å². The number of hydrogen-bond donors (Lipinski definition) is 2. The van der Waals surface area contributed by atoms with E-state index >= 15 is 0 Å². The van der Waals surface area contributed by atoms with Gasteiger partial charge in [-0.25, -0.2) is 0 Å². The third kappa shape index (κ3) is 2.48. The summed E-state index contributed by atoms with van der Waals surface area (Å²) in [5, 5.41) is 25.4. The second-order valence-corrected chi connectivity index (χ2v) is 3.97. The van der Waals surface area contributed by atoms with Crippen LogP contribution < -0.4 is 5.32 Å². The number of benzene rings is 1. The lowest BCUT2D eigenvalue weighted by molar-refractivity contribution is -0.384. The lowest BCUT2D eigenvalue weighted by Crippen LogP contribution is -2.14. The SMILES string of the molecule is O=C(Nc1cc([N+](=O)[O-])ccc1Br)c1nn[nH]n1. The minimum Gasteiger partial charge on any atom is -0.318 e. The third-order valence-electron chi connectivity index (χ3n) is 1.96. The number of H-pyrrole nitrogens is 1. The van der Waals surface area contributed by atoms with Crippen molar-refractivity contribution in [3.8, 4) is 0 Å². The van der Waals surface area contributed by atoms with E-state index in [-0.39, 0.29) is 17.2 Å². The Morgan fingerprint density at radius 3 is 2.89 bits per heavy atom. The van der Waals surface area contributed by atoms with Gasteiger partial charge in [-0.2, -0.15) is 5.21 Å². The number of carbonyl (C=O) groups excluding carboxylic acids is 1. The van der Waals surface area contributed by atoms with Gasteiger partial charge in [0.25, 0.3) is 17.4 Å². The number of anilines is 1. The molecule has 2 rings (SSSR count). The van der Waals surface area contributed by atoms with Crippen molar-refractivity contribution in [1.29, 1.82) is 0 Å². The third-order valence-corrected chi connectivity index (χ3v) is 2.65. The molecule has 92 valence electrons. The van der Waals surface area contributed by atoms with Gasteiger partial charge in [-0.1, -0.05) is 0 Å². The molecule has 0 saturated heterocycles. The van der Waals surface area contributed by atoms with E-state index in [1.54, 1.807) is 0 Å². The molecule has 1 amide bonds. The smallest absolute Gasteiger partial charge is 0.297 e. The Bertz CT molecular complexity index is 599. The van der Waals surface area contributed by atoms with E-state index in [9.17, 15) is 14.9 Å². The first-order chi connectivity index (χ1) is 8.58. The van der Waals surface area contributed by atoms with E-state index in [0.29, 0.717) is 4.47 Å². The number of nitro benzene ring substituents is 1. The zero-order valence-electron chi connectivity index (χ0n) is 8.62. The number of amides is 1. The number of carbonyl (C=O) groups is 1. The van der Waals surface area contributed by atoms with Gasteiger partial charge in [0.15, 0.2) is 0 Å². The molecular weight excluding hydrogens is 308 g/mol. The summed E-state index contributed by atoms with van der Waals surface area (Å²) in [6, 6.07) is 4.00. The molecule has 0 aliphatic rings. The summed E-state index contributed by atoms with van der Waals surface area (Å²) in [7, 11) is 0. The predicted molar refractivity (Wildman–Crippen MR) is 62.9 cm³/mol. The Morgan fingerprint density at radius 2 is 2.28 bits per heavy atom. The van der Waals surface area contributed by atoms with Gasteiger partial charge in [0.05, 0.1) is 10.6 Å². The number of aromatic amines is 1. The van der Waals surface area contributed by atoms with Crippen LogP contribution in [0.25, 0.3) is 0 Å². The van der Waals surface area contributed by atoms with Crippen LogP contribution in [0.5, 0.6) is 0 Å². The van der Waals surface area contributed by atoms with Crippen LogP contribution in [-0.2, 0) is 0 Å². The van der Waals surface area contributed by atoms with Gasteiger partial charge < -0.3 is 5.32 Å². The van der Waals surface area contributed by atoms with Crippen molar-refractivity contribution < 1.29 is 9.72 Å². The van der Waals surface area contributed by atoms with Gasteiger partial charge in [-0.15, -0.1) is 10.2 Å². The fourth-order valence-corrected chi connectivity index (χ4v) is 1.50. The Kier molecular flexibility index (Phi) is 3.28. The molecule has 0 saturated carbocycles. The largest absolute Gasteiger partial charge is 0.318 e. The first-order valence-corrected chi connectivity index (χ1v) is 5.36. The Morgan fingerprint density at radius 1 is 1.50 bits per heavy atom. The molecule has 0 spiro atoms. The summed E-state index contributed by atoms with van der Waals surface area (Å²) in [5.74, 6) is -0.779. The quantitative estimate of drug-likeness (QED) is 0.646. The zero-order valence-corrected chi connectivity index (χ0v) is 10.2. The molecule has 2 aromatic rings. The summed E-state index contributed by atoms with van der Waals surface area (Å²) >= 11 is 3.17. The number of hydrogen-bond acceptors (Lipinski definition) is 6. The van der Waals surface area contributed by atoms with Crippen molar-refractivity contribution in [3.05, 3.63) is 38.6 Å². The molecule has 0 aliphatic heterocycles. The van der Waals surface area contributed by atoms with Crippen LogP contribution in [-0.4, -0.2) is 31.5 Å². The number of nitro groups is 1. The number of aromatic nitrogens is 4. The number of tetrazole rings is 1. The Balaban J connectivity index is 2.26. The molecule has 0 unspecified atom stereocenters. The highest BCUT2D eigenvalue weighted by Crippen LogP contribution is 2.27. The van der Waals surface area contributed by atoms with E-state index in [2.05, 4.69) is 41.9 Å². The van der Waals surface area contributed by atoms with Crippen molar-refractivity contribution in [3.63, 3.8) is 0 Å². The first-order valence-electron chi connectivity index (χ1n) is 4.56. The summed E-state index contributed by atoms with van der Waals surface area (Å²) in [4.78, 5) is 21.7.